The fraction of sp³-hybridized carbons (Fsp3) is 0. The number of halogens is 4. The Bertz CT molecular complexity index is 694. The molecule has 0 heterocycles. The number of hydrogen-bond donors (Lipinski definition) is 2. The SMILES string of the molecule is Nc1cc(C(=O)Nc2ccc(F)cc2I)c(Br)cc1F. The van der Waals surface area contributed by atoms with Gasteiger partial charge in [0.05, 0.1) is 16.9 Å². The van der Waals surface area contributed by atoms with Gasteiger partial charge in [-0.2, -0.15) is 0 Å². The molecule has 0 aromatic heterocycles. The molecule has 0 spiro atoms. The summed E-state index contributed by atoms with van der Waals surface area (Å²) in [4.78, 5) is 12.1. The highest BCUT2D eigenvalue weighted by atomic mass is 127. The maximum atomic E-state index is 13.2. The van der Waals surface area contributed by atoms with E-state index < -0.39 is 11.7 Å². The van der Waals surface area contributed by atoms with Crippen LogP contribution in [0.2, 0.25) is 0 Å². The van der Waals surface area contributed by atoms with E-state index in [1.165, 1.54) is 24.3 Å². The molecule has 1 amide bonds. The average molecular weight is 453 g/mol. The van der Waals surface area contributed by atoms with Crippen molar-refractivity contribution in [1.82, 2.24) is 0 Å². The molecule has 104 valence electrons. The van der Waals surface area contributed by atoms with Crippen LogP contribution in [0.15, 0.2) is 34.8 Å². The molecular weight excluding hydrogens is 445 g/mol. The van der Waals surface area contributed by atoms with E-state index in [4.69, 9.17) is 5.73 Å². The Labute approximate surface area is 135 Å². The predicted molar refractivity (Wildman–Crippen MR) is 85.6 cm³/mol. The van der Waals surface area contributed by atoms with E-state index in [1.807, 2.05) is 22.6 Å². The van der Waals surface area contributed by atoms with E-state index in [1.54, 1.807) is 0 Å². The second kappa shape index (κ2) is 6.04. The molecule has 20 heavy (non-hydrogen) atoms. The predicted octanol–water partition coefficient (Wildman–Crippen LogP) is 4.17. The number of carbonyl (C=O) groups is 1. The molecular formula is C13H8BrF2IN2O. The first kappa shape index (κ1) is 15.2. The topological polar surface area (TPSA) is 55.1 Å². The normalized spacial score (nSPS) is 10.4. The highest BCUT2D eigenvalue weighted by molar-refractivity contribution is 14.1. The summed E-state index contributed by atoms with van der Waals surface area (Å²) >= 11 is 5.02. The molecule has 0 aliphatic rings. The molecule has 7 heteroatoms. The van der Waals surface area contributed by atoms with E-state index in [-0.39, 0.29) is 17.1 Å². The summed E-state index contributed by atoms with van der Waals surface area (Å²) in [5.74, 6) is -1.46. The summed E-state index contributed by atoms with van der Waals surface area (Å²) in [5, 5.41) is 2.62. The highest BCUT2D eigenvalue weighted by Crippen LogP contribution is 2.25. The van der Waals surface area contributed by atoms with Crippen molar-refractivity contribution >= 4 is 55.8 Å². The second-order valence-electron chi connectivity index (χ2n) is 3.93. The molecule has 2 aromatic carbocycles. The van der Waals surface area contributed by atoms with Gasteiger partial charge in [-0.15, -0.1) is 0 Å². The molecule has 0 radical (unpaired) electrons. The number of amides is 1. The number of benzene rings is 2. The summed E-state index contributed by atoms with van der Waals surface area (Å²) in [6, 6.07) is 6.36. The minimum Gasteiger partial charge on any atom is -0.396 e. The smallest absolute Gasteiger partial charge is 0.256 e. The summed E-state index contributed by atoms with van der Waals surface area (Å²) < 4.78 is 27.1. The zero-order valence-electron chi connectivity index (χ0n) is 9.88. The molecule has 2 aromatic rings. The monoisotopic (exact) mass is 452 g/mol. The number of nitrogens with one attached hydrogen (secondary N) is 1. The third kappa shape index (κ3) is 3.26. The number of hydrogen-bond acceptors (Lipinski definition) is 2. The van der Waals surface area contributed by atoms with Crippen LogP contribution < -0.4 is 11.1 Å². The Hall–Kier alpha value is -1.22. The van der Waals surface area contributed by atoms with Crippen molar-refractivity contribution in [2.24, 2.45) is 0 Å². The van der Waals surface area contributed by atoms with Gasteiger partial charge in [0, 0.05) is 8.04 Å². The largest absolute Gasteiger partial charge is 0.396 e. The van der Waals surface area contributed by atoms with Crippen LogP contribution >= 0.6 is 38.5 Å². The molecule has 0 bridgehead atoms. The number of rotatable bonds is 2. The lowest BCUT2D eigenvalue weighted by Gasteiger charge is -2.10. The lowest BCUT2D eigenvalue weighted by atomic mass is 10.1. The van der Waals surface area contributed by atoms with Crippen molar-refractivity contribution in [3.63, 3.8) is 0 Å². The third-order valence-corrected chi connectivity index (χ3v) is 4.06. The van der Waals surface area contributed by atoms with Gasteiger partial charge in [-0.25, -0.2) is 8.78 Å². The van der Waals surface area contributed by atoms with Crippen molar-refractivity contribution in [3.8, 4) is 0 Å². The average Bonchev–Trinajstić information content (AvgIpc) is 2.37. The Balaban J connectivity index is 2.31. The Morgan fingerprint density at radius 2 is 1.95 bits per heavy atom. The number of anilines is 2. The quantitative estimate of drug-likeness (QED) is 0.530. The van der Waals surface area contributed by atoms with Crippen LogP contribution in [0.1, 0.15) is 10.4 Å². The minimum atomic E-state index is -0.607. The summed E-state index contributed by atoms with van der Waals surface area (Å²) in [5.41, 5.74) is 5.99. The van der Waals surface area contributed by atoms with E-state index in [9.17, 15) is 13.6 Å². The molecule has 0 aliphatic heterocycles. The standard InChI is InChI=1S/C13H8BrF2IN2O/c14-8-5-9(16)11(18)4-7(8)13(20)19-12-2-1-6(15)3-10(12)17/h1-5H,18H2,(H,19,20). The summed E-state index contributed by atoms with van der Waals surface area (Å²) in [6.07, 6.45) is 0. The Kier molecular flexibility index (Phi) is 4.59. The van der Waals surface area contributed by atoms with Crippen molar-refractivity contribution in [2.45, 2.75) is 0 Å². The van der Waals surface area contributed by atoms with Gasteiger partial charge in [-0.1, -0.05) is 0 Å². The van der Waals surface area contributed by atoms with E-state index in [2.05, 4.69) is 21.2 Å². The van der Waals surface area contributed by atoms with Gasteiger partial charge >= 0.3 is 0 Å². The maximum absolute atomic E-state index is 13.2. The van der Waals surface area contributed by atoms with Crippen LogP contribution in [-0.4, -0.2) is 5.91 Å². The summed E-state index contributed by atoms with van der Waals surface area (Å²) in [6.45, 7) is 0. The second-order valence-corrected chi connectivity index (χ2v) is 5.95. The molecule has 0 fully saturated rings. The van der Waals surface area contributed by atoms with Gasteiger partial charge in [-0.05, 0) is 68.9 Å². The van der Waals surface area contributed by atoms with Crippen molar-refractivity contribution in [2.75, 3.05) is 11.1 Å². The van der Waals surface area contributed by atoms with E-state index in [0.717, 1.165) is 6.07 Å². The van der Waals surface area contributed by atoms with Gasteiger partial charge in [0.2, 0.25) is 0 Å². The Morgan fingerprint density at radius 1 is 1.25 bits per heavy atom. The lowest BCUT2D eigenvalue weighted by Crippen LogP contribution is -2.14. The van der Waals surface area contributed by atoms with Crippen LogP contribution in [0, 0.1) is 15.2 Å². The molecule has 3 N–H and O–H groups in total. The first-order valence-electron chi connectivity index (χ1n) is 5.39. The molecule has 3 nitrogen and oxygen atoms in total. The lowest BCUT2D eigenvalue weighted by molar-refractivity contribution is 0.102. The van der Waals surface area contributed by atoms with Gasteiger partial charge in [-0.3, -0.25) is 4.79 Å². The van der Waals surface area contributed by atoms with Crippen LogP contribution in [0.25, 0.3) is 0 Å². The molecule has 0 saturated carbocycles. The number of nitrogen functional groups attached to an aromatic ring is 1. The zero-order chi connectivity index (χ0) is 14.9. The molecule has 0 aliphatic carbocycles. The molecule has 2 rings (SSSR count). The van der Waals surface area contributed by atoms with Gasteiger partial charge < -0.3 is 11.1 Å². The fourth-order valence-electron chi connectivity index (χ4n) is 1.52. The van der Waals surface area contributed by atoms with Gasteiger partial charge in [0.15, 0.2) is 0 Å². The van der Waals surface area contributed by atoms with E-state index in [0.29, 0.717) is 13.7 Å². The minimum absolute atomic E-state index is 0.118. The zero-order valence-corrected chi connectivity index (χ0v) is 13.6. The first-order chi connectivity index (χ1) is 9.38. The maximum Gasteiger partial charge on any atom is 0.256 e. The number of nitrogens with two attached hydrogens (primary N) is 1. The van der Waals surface area contributed by atoms with Crippen LogP contribution in [0.4, 0.5) is 20.2 Å². The van der Waals surface area contributed by atoms with Crippen molar-refractivity contribution in [1.29, 1.82) is 0 Å². The summed E-state index contributed by atoms with van der Waals surface area (Å²) in [7, 11) is 0. The van der Waals surface area contributed by atoms with Crippen molar-refractivity contribution in [3.05, 3.63) is 55.6 Å². The van der Waals surface area contributed by atoms with Gasteiger partial charge in [0.25, 0.3) is 5.91 Å². The van der Waals surface area contributed by atoms with Crippen LogP contribution in [0.5, 0.6) is 0 Å². The van der Waals surface area contributed by atoms with Crippen molar-refractivity contribution < 1.29 is 13.6 Å². The molecule has 0 atom stereocenters. The fourth-order valence-corrected chi connectivity index (χ4v) is 2.63. The molecule has 0 unspecified atom stereocenters. The number of carbonyl (C=O) groups excluding carboxylic acids is 1. The third-order valence-electron chi connectivity index (χ3n) is 2.51. The Morgan fingerprint density at radius 3 is 2.60 bits per heavy atom. The van der Waals surface area contributed by atoms with E-state index >= 15 is 0 Å². The first-order valence-corrected chi connectivity index (χ1v) is 7.26. The molecule has 0 saturated heterocycles. The highest BCUT2D eigenvalue weighted by Gasteiger charge is 2.14. The van der Waals surface area contributed by atoms with Crippen LogP contribution in [0.3, 0.4) is 0 Å². The van der Waals surface area contributed by atoms with Crippen LogP contribution in [-0.2, 0) is 0 Å². The van der Waals surface area contributed by atoms with Gasteiger partial charge in [0.1, 0.15) is 11.6 Å².